The van der Waals surface area contributed by atoms with Crippen LogP contribution in [0.3, 0.4) is 0 Å². The summed E-state index contributed by atoms with van der Waals surface area (Å²) in [5.74, 6) is 1.69. The first kappa shape index (κ1) is 84.9. The fourth-order valence-electron chi connectivity index (χ4n) is 12.1. The number of anilines is 8. The van der Waals surface area contributed by atoms with E-state index in [1.165, 1.54) is 68.2 Å². The van der Waals surface area contributed by atoms with Crippen molar-refractivity contribution in [3.8, 4) is 68.0 Å². The molecule has 0 bridgehead atoms. The first-order valence-electron chi connectivity index (χ1n) is 38.1. The largest absolute Gasteiger partial charge is 0.477 e. The number of nitrogens with one attached hydrogen (secondary N) is 8. The average molecular weight is 1600 g/mol. The molecule has 31 nitrogen and oxygen atoms in total. The molecule has 0 unspecified atom stereocenters. The molecule has 5 heterocycles. The molecule has 1 saturated heterocycles. The van der Waals surface area contributed by atoms with E-state index in [0.717, 1.165) is 122 Å². The van der Waals surface area contributed by atoms with Gasteiger partial charge in [0.25, 0.3) is 0 Å². The van der Waals surface area contributed by atoms with Gasteiger partial charge in [-0.1, -0.05) is 72.8 Å². The highest BCUT2D eigenvalue weighted by atomic mass is 16.5. The Kier molecular flexibility index (Phi) is 29.3. The van der Waals surface area contributed by atoms with Crippen LogP contribution in [0.25, 0.3) is 88.1 Å². The summed E-state index contributed by atoms with van der Waals surface area (Å²) >= 11 is 0. The maximum Gasteiger partial charge on any atom is 0.233 e. The molecular formula is C87H91N17O14. The van der Waals surface area contributed by atoms with Crippen LogP contribution in [0.2, 0.25) is 0 Å². The van der Waals surface area contributed by atoms with Crippen LogP contribution in [0.4, 0.5) is 46.5 Å². The molecular weight excluding hydrogens is 1510 g/mol. The Morgan fingerprint density at radius 3 is 0.881 bits per heavy atom. The number of nitrogens with zero attached hydrogens (tertiary/aromatic N) is 9. The molecule has 4 aromatic heterocycles. The summed E-state index contributed by atoms with van der Waals surface area (Å²) in [7, 11) is 1.59. The number of hydrogen-bond donors (Lipinski definition) is 8. The molecule has 8 aromatic carbocycles. The van der Waals surface area contributed by atoms with E-state index in [4.69, 9.17) is 28.4 Å². The van der Waals surface area contributed by atoms with Gasteiger partial charge in [-0.05, 0) is 167 Å². The van der Waals surface area contributed by atoms with E-state index in [2.05, 4.69) is 87.3 Å². The van der Waals surface area contributed by atoms with Crippen molar-refractivity contribution < 1.29 is 66.8 Å². The van der Waals surface area contributed by atoms with E-state index in [1.807, 2.05) is 177 Å². The van der Waals surface area contributed by atoms with Crippen molar-refractivity contribution in [1.82, 2.24) is 44.8 Å². The Morgan fingerprint density at radius 1 is 0.339 bits per heavy atom. The number of amides is 8. The van der Waals surface area contributed by atoms with Crippen molar-refractivity contribution in [2.45, 2.75) is 75.2 Å². The number of methoxy groups -OCH3 is 1. The normalized spacial score (nSPS) is 12.2. The van der Waals surface area contributed by atoms with Gasteiger partial charge in [0.2, 0.25) is 94.6 Å². The second-order valence-corrected chi connectivity index (χ2v) is 27.4. The van der Waals surface area contributed by atoms with Gasteiger partial charge in [0.05, 0.1) is 76.6 Å². The number of carbonyl (C=O) groups is 8. The molecule has 0 spiro atoms. The molecule has 118 heavy (non-hydrogen) atoms. The topological polar surface area (TPSA) is 395 Å². The monoisotopic (exact) mass is 1600 g/mol. The maximum atomic E-state index is 11.5. The van der Waals surface area contributed by atoms with Crippen molar-refractivity contribution in [3.63, 3.8) is 0 Å². The third-order valence-corrected chi connectivity index (χ3v) is 17.7. The third kappa shape index (κ3) is 25.0. The molecule has 12 aromatic rings. The van der Waals surface area contributed by atoms with E-state index in [9.17, 15) is 38.4 Å². The number of benzene rings is 8. The Morgan fingerprint density at radius 2 is 0.610 bits per heavy atom. The highest BCUT2D eigenvalue weighted by Gasteiger charge is 2.24. The minimum atomic E-state index is -0.261. The van der Waals surface area contributed by atoms with Gasteiger partial charge < -0.3 is 49.7 Å². The summed E-state index contributed by atoms with van der Waals surface area (Å²) in [5, 5.41) is 24.5. The van der Waals surface area contributed by atoms with E-state index in [0.29, 0.717) is 84.5 Å². The van der Waals surface area contributed by atoms with Gasteiger partial charge in [-0.25, -0.2) is 19.9 Å². The van der Waals surface area contributed by atoms with Gasteiger partial charge in [-0.2, -0.15) is 19.9 Å². The molecule has 2 aliphatic rings. The minimum Gasteiger partial charge on any atom is -0.477 e. The van der Waals surface area contributed by atoms with Crippen molar-refractivity contribution in [2.75, 3.05) is 116 Å². The van der Waals surface area contributed by atoms with Crippen LogP contribution in [0.5, 0.6) is 23.5 Å². The molecule has 8 amide bonds. The van der Waals surface area contributed by atoms with Crippen molar-refractivity contribution in [2.24, 2.45) is 5.92 Å². The number of morpholine rings is 1. The molecule has 1 aliphatic heterocycles. The van der Waals surface area contributed by atoms with Gasteiger partial charge >= 0.3 is 0 Å². The van der Waals surface area contributed by atoms with Crippen LogP contribution in [-0.4, -0.2) is 165 Å². The summed E-state index contributed by atoms with van der Waals surface area (Å²) in [6, 6.07) is 53.4. The van der Waals surface area contributed by atoms with Gasteiger partial charge in [0.1, 0.15) is 13.2 Å². The van der Waals surface area contributed by atoms with Crippen LogP contribution in [0, 0.1) is 5.92 Å². The van der Waals surface area contributed by atoms with E-state index < -0.39 is 0 Å². The minimum absolute atomic E-state index is 0.104. The summed E-state index contributed by atoms with van der Waals surface area (Å²) in [6.45, 7) is 19.6. The Balaban J connectivity index is 0.000000155. The zero-order valence-corrected chi connectivity index (χ0v) is 67.0. The lowest BCUT2D eigenvalue weighted by molar-refractivity contribution is -0.115. The van der Waals surface area contributed by atoms with Crippen LogP contribution < -0.4 is 61.5 Å². The standard InChI is InChI=1S/C24H27N5O4.C22H22N4O3.C21H22N4O4.C20H20N4O3/c1-16(30)25-20-6-3-18(4-7-20)19-5-8-22-21(15-19)23(28-24(27-22)26-17(2)31)33-14-11-29-9-12-32-13-10-29;1-13(27)23-18-8-5-16(6-9-18)17-7-10-20-19(11-17)21(29-12-15-3-4-15)26-22(25-20)24-14(2)28;1-13(26)22-17-7-4-15(5-8-17)16-6-9-19-18(12-16)20(29-11-10-28-3)25-21(24-19)23-14(2)27;1-4-27-19-17-11-15(14-5-8-16(9-6-14)21-12(2)25)7-10-18(17)23-20(24-19)22-13(3)26/h3-8,15H,9-14H2,1-2H3,(H,25,30)(H,26,27,28,31);5-11,15H,3-4,12H2,1-2H3,(H,23,27)(H,24,25,26,28);4-9,12H,10-11H2,1-3H3,(H,22,26)(H,23,24,25,27);5-11H,4H2,1-3H3,(H,21,25)(H,22,23,24,26). The number of ether oxygens (including phenoxy) is 6. The lowest BCUT2D eigenvalue weighted by Crippen LogP contribution is -2.38. The quantitative estimate of drug-likeness (QED) is 0.0246. The molecule has 1 aliphatic carbocycles. The van der Waals surface area contributed by atoms with Crippen molar-refractivity contribution in [3.05, 3.63) is 170 Å². The van der Waals surface area contributed by atoms with E-state index in [1.54, 1.807) is 7.11 Å². The molecule has 2 fully saturated rings. The zero-order valence-electron chi connectivity index (χ0n) is 67.0. The lowest BCUT2D eigenvalue weighted by atomic mass is 10.0. The summed E-state index contributed by atoms with van der Waals surface area (Å²) in [4.78, 5) is 128. The SMILES string of the molecule is CC(=O)Nc1ccc(-c2ccc3nc(NC(C)=O)nc(OCC4CC4)c3c2)cc1.CC(=O)Nc1ccc(-c2ccc3nc(NC(C)=O)nc(OCCN4CCOCC4)c3c2)cc1.CCOc1nc(NC(C)=O)nc2ccc(-c3ccc(NC(C)=O)cc3)cc12.COCCOc1nc(NC(C)=O)nc2ccc(-c3ccc(NC(C)=O)cc3)cc12. The predicted octanol–water partition coefficient (Wildman–Crippen LogP) is 13.8. The lowest BCUT2D eigenvalue weighted by Gasteiger charge is -2.26. The summed E-state index contributed by atoms with van der Waals surface area (Å²) in [6.07, 6.45) is 2.35. The van der Waals surface area contributed by atoms with E-state index in [-0.39, 0.29) is 71.1 Å². The van der Waals surface area contributed by atoms with Gasteiger partial charge in [-0.15, -0.1) is 0 Å². The van der Waals surface area contributed by atoms with Crippen LogP contribution in [0.15, 0.2) is 170 Å². The summed E-state index contributed by atoms with van der Waals surface area (Å²) in [5.41, 5.74) is 13.5. The third-order valence-electron chi connectivity index (χ3n) is 17.7. The Labute approximate surface area is 680 Å². The predicted molar refractivity (Wildman–Crippen MR) is 454 cm³/mol. The number of rotatable bonds is 25. The fraction of sp³-hybridized carbons (Fsp3) is 0.264. The number of aromatic nitrogens is 8. The number of carbonyl (C=O) groups excluding carboxylic acids is 8. The maximum absolute atomic E-state index is 11.5. The second-order valence-electron chi connectivity index (χ2n) is 27.4. The molecule has 8 N–H and O–H groups in total. The molecule has 1 saturated carbocycles. The molecule has 608 valence electrons. The van der Waals surface area contributed by atoms with Crippen molar-refractivity contribution in [1.29, 1.82) is 0 Å². The van der Waals surface area contributed by atoms with Gasteiger partial charge in [-0.3, -0.25) is 64.5 Å². The fourth-order valence-corrected chi connectivity index (χ4v) is 12.1. The molecule has 14 rings (SSSR count). The Hall–Kier alpha value is -14.0. The second kappa shape index (κ2) is 40.8. The van der Waals surface area contributed by atoms with Crippen LogP contribution in [0.1, 0.15) is 75.2 Å². The van der Waals surface area contributed by atoms with Gasteiger partial charge in [0, 0.05) is 105 Å². The molecule has 0 atom stereocenters. The Bertz CT molecular complexity index is 5640. The first-order valence-corrected chi connectivity index (χ1v) is 38.1. The highest BCUT2D eigenvalue weighted by molar-refractivity contribution is 5.98. The average Bonchev–Trinajstić information content (AvgIpc) is 0.966. The van der Waals surface area contributed by atoms with E-state index >= 15 is 0 Å². The number of hydrogen-bond acceptors (Lipinski definition) is 23. The highest BCUT2D eigenvalue weighted by Crippen LogP contribution is 2.37. The number of fused-ring (bicyclic) bond motifs is 4. The summed E-state index contributed by atoms with van der Waals surface area (Å²) < 4.78 is 33.9. The first-order chi connectivity index (χ1) is 56.9. The van der Waals surface area contributed by atoms with Crippen molar-refractivity contribution >= 4 is 137 Å². The van der Waals surface area contributed by atoms with Crippen LogP contribution in [-0.2, 0) is 47.8 Å². The smallest absolute Gasteiger partial charge is 0.233 e. The molecule has 0 radical (unpaired) electrons. The zero-order chi connectivity index (χ0) is 83.8. The van der Waals surface area contributed by atoms with Crippen LogP contribution >= 0.6 is 0 Å². The van der Waals surface area contributed by atoms with Gasteiger partial charge in [0.15, 0.2) is 0 Å². The molecule has 31 heteroatoms.